The first-order valence-electron chi connectivity index (χ1n) is 11.3. The van der Waals surface area contributed by atoms with Crippen molar-refractivity contribution in [3.05, 3.63) is 109 Å². The molecule has 0 amide bonds. The Bertz CT molecular complexity index is 1270. The van der Waals surface area contributed by atoms with Crippen molar-refractivity contribution in [2.75, 3.05) is 13.1 Å². The lowest BCUT2D eigenvalue weighted by Crippen LogP contribution is -1.87. The van der Waals surface area contributed by atoms with Crippen LogP contribution in [-0.2, 0) is 22.3 Å². The van der Waals surface area contributed by atoms with E-state index in [1.165, 1.54) is 11.1 Å². The van der Waals surface area contributed by atoms with Crippen molar-refractivity contribution in [1.82, 2.24) is 0 Å². The van der Waals surface area contributed by atoms with Crippen LogP contribution in [0.5, 0.6) is 0 Å². The molecule has 0 heterocycles. The zero-order chi connectivity index (χ0) is 29.5. The molecule has 1 N–H and O–H groups in total. The van der Waals surface area contributed by atoms with Crippen LogP contribution < -0.4 is 0 Å². The van der Waals surface area contributed by atoms with Crippen LogP contribution in [0.4, 0.5) is 5.69 Å². The van der Waals surface area contributed by atoms with Gasteiger partial charge in [-0.3, -0.25) is 0 Å². The minimum atomic E-state index is 0.587. The predicted octanol–water partition coefficient (Wildman–Crippen LogP) is 8.75. The summed E-state index contributed by atoms with van der Waals surface area (Å²) in [5.41, 5.74) is 3.17. The summed E-state index contributed by atoms with van der Waals surface area (Å²) in [4.78, 5) is 15.7. The molecule has 0 fully saturated rings. The van der Waals surface area contributed by atoms with Crippen LogP contribution in [0.1, 0.15) is 11.1 Å². The van der Waals surface area contributed by atoms with Gasteiger partial charge in [-0.25, -0.2) is 20.2 Å². The lowest BCUT2D eigenvalue weighted by molar-refractivity contribution is -0.432. The highest BCUT2D eigenvalue weighted by Crippen LogP contribution is 2.21. The molecular formula is C28H26N4O3S5. The van der Waals surface area contributed by atoms with E-state index in [0.717, 1.165) is 29.9 Å². The monoisotopic (exact) mass is 626 g/mol. The molecule has 0 aliphatic heterocycles. The number of benzene rings is 3. The topological polar surface area (TPSA) is 88.1 Å². The molecule has 12 heteroatoms. The maximum absolute atomic E-state index is 7.88. The summed E-state index contributed by atoms with van der Waals surface area (Å²) in [7, 11) is 0. The third-order valence-electron chi connectivity index (χ3n) is 4.05. The summed E-state index contributed by atoms with van der Waals surface area (Å²) < 4.78 is 4.22. The maximum Gasteiger partial charge on any atom is 0.0743 e. The Morgan fingerprint density at radius 3 is 1.80 bits per heavy atom. The van der Waals surface area contributed by atoms with Gasteiger partial charge in [0.25, 0.3) is 0 Å². The van der Waals surface area contributed by atoms with Crippen molar-refractivity contribution in [3.63, 3.8) is 0 Å². The molecule has 0 aromatic heterocycles. The summed E-state index contributed by atoms with van der Waals surface area (Å²) >= 11 is 18.5. The van der Waals surface area contributed by atoms with Crippen molar-refractivity contribution in [1.29, 1.82) is 0 Å². The van der Waals surface area contributed by atoms with Gasteiger partial charge in [-0.2, -0.15) is 4.99 Å². The van der Waals surface area contributed by atoms with Gasteiger partial charge in [-0.15, -0.1) is 10.9 Å². The van der Waals surface area contributed by atoms with Crippen LogP contribution in [-0.4, -0.2) is 39.0 Å². The molecule has 0 spiro atoms. The standard InChI is InChI=1S/C9H9NS.C8H7NS.C7H5NO3S2.C4H5NS/c11-8-10-7-6-9-4-2-1-3-5-9;10-7-9-6-8-4-2-1-3-5-8;9-10-11-13-7-3-1-6(2-4-7)8-5-12;1-2-3-5-4-6/h1-5H,6-7H2;1-5H,6H2;1-4,9H;2H,1,3H2. The summed E-state index contributed by atoms with van der Waals surface area (Å²) in [6.07, 6.45) is 2.61. The molecule has 0 aliphatic carbocycles. The fourth-order valence-electron chi connectivity index (χ4n) is 2.37. The fraction of sp³-hybridized carbons (Fsp3) is 0.143. The molecule has 3 rings (SSSR count). The predicted molar refractivity (Wildman–Crippen MR) is 177 cm³/mol. The van der Waals surface area contributed by atoms with Crippen LogP contribution in [0.25, 0.3) is 0 Å². The Hall–Kier alpha value is -3.17. The second kappa shape index (κ2) is 28.8. The summed E-state index contributed by atoms with van der Waals surface area (Å²) in [5, 5.41) is 20.4. The molecule has 0 saturated heterocycles. The number of hydrogen-bond donors (Lipinski definition) is 1. The van der Waals surface area contributed by atoms with Crippen LogP contribution in [0.2, 0.25) is 0 Å². The molecule has 0 atom stereocenters. The molecule has 40 heavy (non-hydrogen) atoms. The molecule has 3 aromatic rings. The van der Waals surface area contributed by atoms with Gasteiger partial charge in [0.2, 0.25) is 0 Å². The van der Waals surface area contributed by atoms with E-state index in [9.17, 15) is 0 Å². The van der Waals surface area contributed by atoms with E-state index in [2.05, 4.69) is 118 Å². The second-order valence-corrected chi connectivity index (χ2v) is 8.25. The number of rotatable bonds is 11. The average Bonchev–Trinajstić information content (AvgIpc) is 3.01. The van der Waals surface area contributed by atoms with Gasteiger partial charge in [0.05, 0.1) is 58.0 Å². The van der Waals surface area contributed by atoms with Gasteiger partial charge in [-0.1, -0.05) is 71.8 Å². The number of aliphatic imine (C=N–C) groups is 4. The normalized spacial score (nSPS) is 8.43. The molecule has 0 radical (unpaired) electrons. The summed E-state index contributed by atoms with van der Waals surface area (Å²) in [6, 6.07) is 27.1. The zero-order valence-electron chi connectivity index (χ0n) is 21.3. The van der Waals surface area contributed by atoms with E-state index >= 15 is 0 Å². The van der Waals surface area contributed by atoms with E-state index in [4.69, 9.17) is 5.26 Å². The van der Waals surface area contributed by atoms with E-state index in [1.807, 2.05) is 48.5 Å². The van der Waals surface area contributed by atoms with Crippen LogP contribution in [0, 0.1) is 0 Å². The van der Waals surface area contributed by atoms with Crippen LogP contribution >= 0.6 is 60.9 Å². The third kappa shape index (κ3) is 22.8. The van der Waals surface area contributed by atoms with E-state index < -0.39 is 0 Å². The fourth-order valence-corrected chi connectivity index (χ4v) is 3.06. The first-order chi connectivity index (χ1) is 19.6. The molecule has 0 saturated carbocycles. The minimum absolute atomic E-state index is 0.587. The Labute approximate surface area is 260 Å². The van der Waals surface area contributed by atoms with E-state index in [1.54, 1.807) is 30.3 Å². The van der Waals surface area contributed by atoms with Gasteiger partial charge in [0.1, 0.15) is 0 Å². The Morgan fingerprint density at radius 1 is 0.750 bits per heavy atom. The highest BCUT2D eigenvalue weighted by molar-refractivity contribution is 7.94. The molecule has 0 aliphatic rings. The average molecular weight is 627 g/mol. The van der Waals surface area contributed by atoms with Gasteiger partial charge in [0.15, 0.2) is 0 Å². The third-order valence-corrected chi connectivity index (χ3v) is 5.12. The largest absolute Gasteiger partial charge is 0.232 e. The number of isothiocyanates is 4. The lowest BCUT2D eigenvalue weighted by Gasteiger charge is -1.96. The van der Waals surface area contributed by atoms with Gasteiger partial charge >= 0.3 is 0 Å². The lowest BCUT2D eigenvalue weighted by atomic mass is 10.2. The second-order valence-electron chi connectivity index (χ2n) is 6.75. The molecule has 3 aromatic carbocycles. The van der Waals surface area contributed by atoms with Crippen molar-refractivity contribution in [3.8, 4) is 0 Å². The van der Waals surface area contributed by atoms with E-state index in [0.29, 0.717) is 18.8 Å². The smallest absolute Gasteiger partial charge is 0.0743 e. The van der Waals surface area contributed by atoms with E-state index in [-0.39, 0.29) is 0 Å². The SMILES string of the molecule is C=CCN=C=S.OOOSc1ccc(N=C=S)cc1.S=C=NCCc1ccccc1.S=C=NCc1ccccc1. The molecule has 206 valence electrons. The van der Waals surface area contributed by atoms with Gasteiger partial charge in [-0.05, 0) is 90.7 Å². The van der Waals surface area contributed by atoms with Crippen molar-refractivity contribution >= 4 is 87.2 Å². The number of hydrogen-bond acceptors (Lipinski definition) is 12. The van der Waals surface area contributed by atoms with Crippen molar-refractivity contribution in [2.45, 2.75) is 17.9 Å². The van der Waals surface area contributed by atoms with Crippen LogP contribution in [0.3, 0.4) is 0 Å². The Kier molecular flexibility index (Phi) is 26.5. The zero-order valence-corrected chi connectivity index (χ0v) is 25.4. The highest BCUT2D eigenvalue weighted by atomic mass is 32.2. The van der Waals surface area contributed by atoms with Crippen molar-refractivity contribution < 1.29 is 14.6 Å². The summed E-state index contributed by atoms with van der Waals surface area (Å²) in [6.45, 7) is 5.39. The molecule has 0 bridgehead atoms. The van der Waals surface area contributed by atoms with Gasteiger partial charge < -0.3 is 0 Å². The first-order valence-corrected chi connectivity index (χ1v) is 13.6. The molecule has 7 nitrogen and oxygen atoms in total. The Morgan fingerprint density at radius 2 is 1.32 bits per heavy atom. The van der Waals surface area contributed by atoms with Crippen molar-refractivity contribution in [2.24, 2.45) is 20.0 Å². The maximum atomic E-state index is 7.88. The van der Waals surface area contributed by atoms with Gasteiger partial charge in [0, 0.05) is 4.90 Å². The summed E-state index contributed by atoms with van der Waals surface area (Å²) in [5.74, 6) is 0. The number of nitrogens with zero attached hydrogens (tertiary/aromatic N) is 4. The molecule has 0 unspecified atom stereocenters. The number of thiocarbonyl (C=S) groups is 4. The highest BCUT2D eigenvalue weighted by Gasteiger charge is 1.95. The first kappa shape index (κ1) is 36.8. The quantitative estimate of drug-likeness (QED) is 0.0565. The van der Waals surface area contributed by atoms with Crippen LogP contribution in [0.15, 0.2) is 122 Å². The molecular weight excluding hydrogens is 601 g/mol. The minimum Gasteiger partial charge on any atom is -0.232 e. The Balaban J connectivity index is 0.000000523.